The molecule has 6 heteroatoms. The van der Waals surface area contributed by atoms with Crippen LogP contribution in [0.1, 0.15) is 11.1 Å². The van der Waals surface area contributed by atoms with Gasteiger partial charge in [-0.05, 0) is 41.0 Å². The lowest BCUT2D eigenvalue weighted by molar-refractivity contribution is -0.384. The first-order valence-corrected chi connectivity index (χ1v) is 8.65. The van der Waals surface area contributed by atoms with Crippen molar-refractivity contribution < 1.29 is 19.9 Å². The predicted octanol–water partition coefficient (Wildman–Crippen LogP) is 4.55. The Bertz CT molecular complexity index is 999. The van der Waals surface area contributed by atoms with Crippen LogP contribution < -0.4 is 4.74 Å². The van der Waals surface area contributed by atoms with Gasteiger partial charge in [-0.2, -0.15) is 0 Å². The predicted molar refractivity (Wildman–Crippen MR) is 107 cm³/mol. The molecular weight excluding hydrogens is 358 g/mol. The molecule has 3 aromatic carbocycles. The van der Waals surface area contributed by atoms with Crippen molar-refractivity contribution in [3.63, 3.8) is 0 Å². The van der Waals surface area contributed by atoms with Crippen LogP contribution in [0, 0.1) is 10.1 Å². The highest BCUT2D eigenvalue weighted by molar-refractivity contribution is 5.79. The van der Waals surface area contributed by atoms with E-state index in [1.165, 1.54) is 24.3 Å². The summed E-state index contributed by atoms with van der Waals surface area (Å²) in [5.74, 6) is 0.384. The topological polar surface area (TPSA) is 92.8 Å². The van der Waals surface area contributed by atoms with Crippen LogP contribution in [0.2, 0.25) is 0 Å². The number of phenols is 1. The highest BCUT2D eigenvalue weighted by atomic mass is 16.6. The molecule has 0 aliphatic carbocycles. The van der Waals surface area contributed by atoms with E-state index in [9.17, 15) is 20.3 Å². The van der Waals surface area contributed by atoms with Crippen molar-refractivity contribution in [3.8, 4) is 22.6 Å². The zero-order valence-electron chi connectivity index (χ0n) is 15.0. The van der Waals surface area contributed by atoms with E-state index in [1.807, 2.05) is 42.5 Å². The van der Waals surface area contributed by atoms with E-state index in [1.54, 1.807) is 12.1 Å². The molecule has 0 radical (unpaired) electrons. The fourth-order valence-corrected chi connectivity index (χ4v) is 2.87. The van der Waals surface area contributed by atoms with Crippen molar-refractivity contribution in [2.24, 2.45) is 0 Å². The van der Waals surface area contributed by atoms with Crippen LogP contribution in [0.4, 0.5) is 5.69 Å². The van der Waals surface area contributed by atoms with Gasteiger partial charge in [0, 0.05) is 12.1 Å². The Hall–Kier alpha value is -3.64. The summed E-state index contributed by atoms with van der Waals surface area (Å²) in [4.78, 5) is 10.5. The van der Waals surface area contributed by atoms with Gasteiger partial charge in [0.15, 0.2) is 0 Å². The number of nitro benzene ring substituents is 1. The first-order chi connectivity index (χ1) is 13.6. The Balaban J connectivity index is 1.88. The highest BCUT2D eigenvalue weighted by Crippen LogP contribution is 2.40. The quantitative estimate of drug-likeness (QED) is 0.465. The van der Waals surface area contributed by atoms with Crippen LogP contribution in [0.3, 0.4) is 0 Å². The molecule has 3 aromatic rings. The van der Waals surface area contributed by atoms with Gasteiger partial charge in [0.05, 0.1) is 17.1 Å². The minimum absolute atomic E-state index is 0.0342. The van der Waals surface area contributed by atoms with Crippen LogP contribution in [0.5, 0.6) is 11.5 Å². The number of rotatable bonds is 7. The number of hydrogen-bond donors (Lipinski definition) is 2. The third-order valence-electron chi connectivity index (χ3n) is 4.19. The molecular formula is C22H19NO5. The largest absolute Gasteiger partial charge is 0.507 e. The first-order valence-electron chi connectivity index (χ1n) is 8.65. The number of hydrogen-bond acceptors (Lipinski definition) is 5. The molecule has 142 valence electrons. The SMILES string of the molecule is O=[N+]([O-])c1ccc(-c2c(O)cccc2OCC=Cc2ccccc2)c(CO)c1. The molecule has 0 aliphatic rings. The average molecular weight is 377 g/mol. The number of aliphatic hydroxyl groups is 1. The zero-order chi connectivity index (χ0) is 19.9. The average Bonchev–Trinajstić information content (AvgIpc) is 2.71. The lowest BCUT2D eigenvalue weighted by Gasteiger charge is -2.14. The maximum atomic E-state index is 11.0. The Morgan fingerprint density at radius 2 is 1.82 bits per heavy atom. The third kappa shape index (κ3) is 4.36. The van der Waals surface area contributed by atoms with E-state index >= 15 is 0 Å². The van der Waals surface area contributed by atoms with Crippen LogP contribution in [-0.2, 0) is 6.61 Å². The van der Waals surface area contributed by atoms with Crippen LogP contribution >= 0.6 is 0 Å². The molecule has 0 atom stereocenters. The second-order valence-electron chi connectivity index (χ2n) is 6.03. The molecule has 0 amide bonds. The summed E-state index contributed by atoms with van der Waals surface area (Å²) in [5.41, 5.74) is 2.11. The highest BCUT2D eigenvalue weighted by Gasteiger charge is 2.17. The smallest absolute Gasteiger partial charge is 0.269 e. The van der Waals surface area contributed by atoms with Crippen molar-refractivity contribution in [2.45, 2.75) is 6.61 Å². The van der Waals surface area contributed by atoms with Gasteiger partial charge < -0.3 is 14.9 Å². The van der Waals surface area contributed by atoms with Gasteiger partial charge in [-0.1, -0.05) is 42.5 Å². The number of phenolic OH excluding ortho intramolecular Hbond substituents is 1. The zero-order valence-corrected chi connectivity index (χ0v) is 15.0. The normalized spacial score (nSPS) is 10.9. The van der Waals surface area contributed by atoms with Gasteiger partial charge in [0.2, 0.25) is 0 Å². The first kappa shape index (κ1) is 19.1. The minimum atomic E-state index is -0.528. The Morgan fingerprint density at radius 3 is 2.54 bits per heavy atom. The molecule has 6 nitrogen and oxygen atoms in total. The van der Waals surface area contributed by atoms with Gasteiger partial charge in [0.25, 0.3) is 5.69 Å². The Morgan fingerprint density at radius 1 is 1.04 bits per heavy atom. The van der Waals surface area contributed by atoms with Crippen LogP contribution in [0.15, 0.2) is 72.8 Å². The number of nitrogens with zero attached hydrogens (tertiary/aromatic N) is 1. The number of aliphatic hydroxyl groups excluding tert-OH is 1. The van der Waals surface area contributed by atoms with E-state index < -0.39 is 11.5 Å². The second kappa shape index (κ2) is 8.83. The number of non-ortho nitro benzene ring substituents is 1. The lowest BCUT2D eigenvalue weighted by atomic mass is 9.97. The molecule has 28 heavy (non-hydrogen) atoms. The Kier molecular flexibility index (Phi) is 6.04. The fourth-order valence-electron chi connectivity index (χ4n) is 2.87. The maximum Gasteiger partial charge on any atom is 0.269 e. The summed E-state index contributed by atoms with van der Waals surface area (Å²) in [6, 6.07) is 18.8. The molecule has 0 saturated heterocycles. The Labute approximate surface area is 162 Å². The molecule has 0 saturated carbocycles. The lowest BCUT2D eigenvalue weighted by Crippen LogP contribution is -1.99. The molecule has 0 unspecified atom stereocenters. The summed E-state index contributed by atoms with van der Waals surface area (Å²) in [6.45, 7) is -0.133. The van der Waals surface area contributed by atoms with E-state index in [-0.39, 0.29) is 18.0 Å². The molecule has 3 rings (SSSR count). The molecule has 0 heterocycles. The van der Waals surface area contributed by atoms with E-state index in [4.69, 9.17) is 4.74 Å². The summed E-state index contributed by atoms with van der Waals surface area (Å²) >= 11 is 0. The molecule has 0 aromatic heterocycles. The van der Waals surface area contributed by atoms with Gasteiger partial charge >= 0.3 is 0 Å². The maximum absolute atomic E-state index is 11.0. The summed E-state index contributed by atoms with van der Waals surface area (Å²) in [6.07, 6.45) is 3.78. The van der Waals surface area contributed by atoms with Crippen molar-refractivity contribution in [1.29, 1.82) is 0 Å². The summed E-state index contributed by atoms with van der Waals surface area (Å²) in [7, 11) is 0. The summed E-state index contributed by atoms with van der Waals surface area (Å²) in [5, 5.41) is 31.0. The number of aromatic hydroxyl groups is 1. The van der Waals surface area contributed by atoms with E-state index in [0.717, 1.165) is 5.56 Å². The molecule has 2 N–H and O–H groups in total. The third-order valence-corrected chi connectivity index (χ3v) is 4.19. The van der Waals surface area contributed by atoms with Gasteiger partial charge in [-0.15, -0.1) is 0 Å². The molecule has 0 aliphatic heterocycles. The van der Waals surface area contributed by atoms with E-state index in [0.29, 0.717) is 22.4 Å². The molecule has 0 spiro atoms. The number of nitro groups is 1. The van der Waals surface area contributed by atoms with E-state index in [2.05, 4.69) is 0 Å². The number of benzene rings is 3. The van der Waals surface area contributed by atoms with Crippen LogP contribution in [-0.4, -0.2) is 21.7 Å². The van der Waals surface area contributed by atoms with Crippen molar-refractivity contribution in [3.05, 3.63) is 94.0 Å². The van der Waals surface area contributed by atoms with Crippen LogP contribution in [0.25, 0.3) is 17.2 Å². The number of ether oxygens (including phenoxy) is 1. The standard InChI is InChI=1S/C22H19NO5/c24-15-17-14-18(23(26)27)11-12-19(17)22-20(25)9-4-10-21(22)28-13-5-8-16-6-2-1-3-7-16/h1-12,14,24-25H,13,15H2. The van der Waals surface area contributed by atoms with Gasteiger partial charge in [-0.25, -0.2) is 0 Å². The summed E-state index contributed by atoms with van der Waals surface area (Å²) < 4.78 is 5.81. The minimum Gasteiger partial charge on any atom is -0.507 e. The molecule has 0 bridgehead atoms. The molecule has 0 fully saturated rings. The van der Waals surface area contributed by atoms with Crippen molar-refractivity contribution >= 4 is 11.8 Å². The van der Waals surface area contributed by atoms with Crippen molar-refractivity contribution in [2.75, 3.05) is 6.61 Å². The second-order valence-corrected chi connectivity index (χ2v) is 6.03. The monoisotopic (exact) mass is 377 g/mol. The fraction of sp³-hybridized carbons (Fsp3) is 0.0909. The van der Waals surface area contributed by atoms with Gasteiger partial charge in [0.1, 0.15) is 18.1 Å². The van der Waals surface area contributed by atoms with Crippen molar-refractivity contribution in [1.82, 2.24) is 0 Å². The van der Waals surface area contributed by atoms with Gasteiger partial charge in [-0.3, -0.25) is 10.1 Å².